The average molecular weight is 283 g/mol. The summed E-state index contributed by atoms with van der Waals surface area (Å²) in [5, 5.41) is 2.77. The van der Waals surface area contributed by atoms with E-state index in [-0.39, 0.29) is 11.7 Å². The molecule has 0 saturated carbocycles. The van der Waals surface area contributed by atoms with Crippen LogP contribution in [-0.4, -0.2) is 17.8 Å². The van der Waals surface area contributed by atoms with Gasteiger partial charge in [-0.25, -0.2) is 0 Å². The van der Waals surface area contributed by atoms with Gasteiger partial charge >= 0.3 is 0 Å². The van der Waals surface area contributed by atoms with Crippen LogP contribution in [0.3, 0.4) is 0 Å². The topological polar surface area (TPSA) is 55.4 Å². The predicted octanol–water partition coefficient (Wildman–Crippen LogP) is 3.30. The summed E-state index contributed by atoms with van der Waals surface area (Å²) in [6.07, 6.45) is -0.631. The minimum atomic E-state index is -0.631. The molecule has 2 rings (SSSR count). The molecule has 4 heteroatoms. The van der Waals surface area contributed by atoms with Crippen LogP contribution >= 0.6 is 0 Å². The second-order valence-electron chi connectivity index (χ2n) is 4.70. The lowest BCUT2D eigenvalue weighted by Gasteiger charge is -2.14. The lowest BCUT2D eigenvalue weighted by atomic mass is 10.1. The number of para-hydroxylation sites is 1. The number of carbonyl (C=O) groups excluding carboxylic acids is 2. The summed E-state index contributed by atoms with van der Waals surface area (Å²) in [4.78, 5) is 23.2. The zero-order chi connectivity index (χ0) is 15.2. The number of Topliss-reactive ketones (excluding diaryl/α,β-unsaturated/α-hetero) is 1. The zero-order valence-corrected chi connectivity index (χ0v) is 12.0. The number of benzene rings is 2. The third-order valence-corrected chi connectivity index (χ3v) is 2.98. The van der Waals surface area contributed by atoms with Crippen molar-refractivity contribution in [3.8, 4) is 5.75 Å². The molecule has 2 aromatic rings. The fraction of sp³-hybridized carbons (Fsp3) is 0.176. The maximum atomic E-state index is 12.0. The Morgan fingerprint density at radius 3 is 2.19 bits per heavy atom. The molecule has 2 aromatic carbocycles. The van der Waals surface area contributed by atoms with Crippen molar-refractivity contribution in [1.29, 1.82) is 0 Å². The van der Waals surface area contributed by atoms with E-state index in [2.05, 4.69) is 5.32 Å². The Kier molecular flexibility index (Phi) is 4.72. The first-order valence-electron chi connectivity index (χ1n) is 6.70. The highest BCUT2D eigenvalue weighted by molar-refractivity contribution is 5.94. The average Bonchev–Trinajstić information content (AvgIpc) is 2.48. The van der Waals surface area contributed by atoms with Crippen molar-refractivity contribution in [1.82, 2.24) is 0 Å². The highest BCUT2D eigenvalue weighted by Crippen LogP contribution is 2.15. The van der Waals surface area contributed by atoms with Gasteiger partial charge in [0.15, 0.2) is 11.9 Å². The van der Waals surface area contributed by atoms with Crippen LogP contribution in [-0.2, 0) is 4.79 Å². The van der Waals surface area contributed by atoms with E-state index >= 15 is 0 Å². The quantitative estimate of drug-likeness (QED) is 0.857. The Bertz CT molecular complexity index is 620. The smallest absolute Gasteiger partial charge is 0.265 e. The van der Waals surface area contributed by atoms with E-state index in [0.29, 0.717) is 11.3 Å². The molecule has 0 aliphatic carbocycles. The largest absolute Gasteiger partial charge is 0.481 e. The summed E-state index contributed by atoms with van der Waals surface area (Å²) >= 11 is 0. The molecule has 0 heterocycles. The number of amides is 1. The van der Waals surface area contributed by atoms with E-state index < -0.39 is 6.10 Å². The van der Waals surface area contributed by atoms with Crippen molar-refractivity contribution in [3.05, 3.63) is 60.2 Å². The monoisotopic (exact) mass is 283 g/mol. The first-order chi connectivity index (χ1) is 10.1. The van der Waals surface area contributed by atoms with Gasteiger partial charge in [-0.1, -0.05) is 18.2 Å². The van der Waals surface area contributed by atoms with Crippen molar-refractivity contribution < 1.29 is 14.3 Å². The van der Waals surface area contributed by atoms with E-state index in [9.17, 15) is 9.59 Å². The third-order valence-electron chi connectivity index (χ3n) is 2.98. The van der Waals surface area contributed by atoms with Gasteiger partial charge < -0.3 is 10.1 Å². The summed E-state index contributed by atoms with van der Waals surface area (Å²) in [5.74, 6) is 0.323. The van der Waals surface area contributed by atoms with Gasteiger partial charge in [0.05, 0.1) is 0 Å². The van der Waals surface area contributed by atoms with Crippen molar-refractivity contribution in [2.75, 3.05) is 5.32 Å². The summed E-state index contributed by atoms with van der Waals surface area (Å²) in [5.41, 5.74) is 1.34. The maximum Gasteiger partial charge on any atom is 0.265 e. The normalized spacial score (nSPS) is 11.5. The second kappa shape index (κ2) is 6.70. The lowest BCUT2D eigenvalue weighted by molar-refractivity contribution is -0.122. The van der Waals surface area contributed by atoms with Gasteiger partial charge in [-0.2, -0.15) is 0 Å². The lowest BCUT2D eigenvalue weighted by Crippen LogP contribution is -2.30. The van der Waals surface area contributed by atoms with Crippen LogP contribution in [0.2, 0.25) is 0 Å². The highest BCUT2D eigenvalue weighted by atomic mass is 16.5. The van der Waals surface area contributed by atoms with Gasteiger partial charge in [-0.15, -0.1) is 0 Å². The SMILES string of the molecule is CC(=O)c1ccc(OC(C)C(=O)Nc2ccccc2)cc1. The molecule has 0 spiro atoms. The van der Waals surface area contributed by atoms with E-state index in [4.69, 9.17) is 4.74 Å². The van der Waals surface area contributed by atoms with E-state index in [0.717, 1.165) is 5.69 Å². The van der Waals surface area contributed by atoms with Crippen LogP contribution in [0.4, 0.5) is 5.69 Å². The van der Waals surface area contributed by atoms with Gasteiger partial charge in [0.25, 0.3) is 5.91 Å². The molecular weight excluding hydrogens is 266 g/mol. The molecule has 1 unspecified atom stereocenters. The molecule has 1 N–H and O–H groups in total. The van der Waals surface area contributed by atoms with E-state index in [1.165, 1.54) is 6.92 Å². The minimum Gasteiger partial charge on any atom is -0.481 e. The van der Waals surface area contributed by atoms with Crippen LogP contribution in [0.15, 0.2) is 54.6 Å². The molecule has 0 fully saturated rings. The molecule has 0 aliphatic rings. The first kappa shape index (κ1) is 14.8. The Morgan fingerprint density at radius 1 is 1.00 bits per heavy atom. The van der Waals surface area contributed by atoms with Crippen LogP contribution in [0.25, 0.3) is 0 Å². The molecule has 0 radical (unpaired) electrons. The summed E-state index contributed by atoms with van der Waals surface area (Å²) in [6.45, 7) is 3.18. The van der Waals surface area contributed by atoms with Crippen molar-refractivity contribution in [3.63, 3.8) is 0 Å². The fourth-order valence-electron chi connectivity index (χ4n) is 1.79. The number of carbonyl (C=O) groups is 2. The number of rotatable bonds is 5. The standard InChI is InChI=1S/C17H17NO3/c1-12(19)14-8-10-16(11-9-14)21-13(2)17(20)18-15-6-4-3-5-7-15/h3-11,13H,1-2H3,(H,18,20). The minimum absolute atomic E-state index is 0.00332. The maximum absolute atomic E-state index is 12.0. The van der Waals surface area contributed by atoms with Crippen molar-refractivity contribution in [2.24, 2.45) is 0 Å². The number of hydrogen-bond acceptors (Lipinski definition) is 3. The van der Waals surface area contributed by atoms with Gasteiger partial charge in [0.1, 0.15) is 5.75 Å². The fourth-order valence-corrected chi connectivity index (χ4v) is 1.79. The molecule has 108 valence electrons. The second-order valence-corrected chi connectivity index (χ2v) is 4.70. The Morgan fingerprint density at radius 2 is 1.62 bits per heavy atom. The Labute approximate surface area is 123 Å². The number of ketones is 1. The van der Waals surface area contributed by atoms with E-state index in [1.807, 2.05) is 30.3 Å². The Hall–Kier alpha value is -2.62. The zero-order valence-electron chi connectivity index (χ0n) is 12.0. The number of ether oxygens (including phenoxy) is 1. The summed E-state index contributed by atoms with van der Waals surface area (Å²) in [7, 11) is 0. The molecule has 0 aromatic heterocycles. The molecule has 1 amide bonds. The highest BCUT2D eigenvalue weighted by Gasteiger charge is 2.14. The molecule has 0 bridgehead atoms. The number of anilines is 1. The summed E-state index contributed by atoms with van der Waals surface area (Å²) < 4.78 is 5.56. The van der Waals surface area contributed by atoms with Crippen LogP contribution in [0.1, 0.15) is 24.2 Å². The van der Waals surface area contributed by atoms with Gasteiger partial charge in [-0.3, -0.25) is 9.59 Å². The summed E-state index contributed by atoms with van der Waals surface area (Å²) in [6, 6.07) is 15.9. The molecule has 21 heavy (non-hydrogen) atoms. The number of hydrogen-bond donors (Lipinski definition) is 1. The number of nitrogens with one attached hydrogen (secondary N) is 1. The molecule has 1 atom stereocenters. The molecule has 0 aliphatic heterocycles. The van der Waals surface area contributed by atoms with Crippen molar-refractivity contribution >= 4 is 17.4 Å². The van der Waals surface area contributed by atoms with E-state index in [1.54, 1.807) is 31.2 Å². The van der Waals surface area contributed by atoms with Crippen LogP contribution < -0.4 is 10.1 Å². The molecular formula is C17H17NO3. The van der Waals surface area contributed by atoms with Crippen LogP contribution in [0, 0.1) is 0 Å². The first-order valence-corrected chi connectivity index (χ1v) is 6.70. The third kappa shape index (κ3) is 4.18. The van der Waals surface area contributed by atoms with Crippen molar-refractivity contribution in [2.45, 2.75) is 20.0 Å². The molecule has 4 nitrogen and oxygen atoms in total. The van der Waals surface area contributed by atoms with Gasteiger partial charge in [-0.05, 0) is 50.2 Å². The predicted molar refractivity (Wildman–Crippen MR) is 81.6 cm³/mol. The molecule has 0 saturated heterocycles. The van der Waals surface area contributed by atoms with Gasteiger partial charge in [0, 0.05) is 11.3 Å². The van der Waals surface area contributed by atoms with Crippen LogP contribution in [0.5, 0.6) is 5.75 Å². The van der Waals surface area contributed by atoms with Gasteiger partial charge in [0.2, 0.25) is 0 Å². The Balaban J connectivity index is 1.95.